The topological polar surface area (TPSA) is 54.5 Å². The molecular formula is C22H21Cl2N3O2S. The summed E-state index contributed by atoms with van der Waals surface area (Å²) >= 11 is 13.6. The van der Waals surface area contributed by atoms with Crippen LogP contribution in [0.2, 0.25) is 10.0 Å². The number of thiazole rings is 1. The first-order chi connectivity index (χ1) is 14.4. The molecule has 1 amide bonds. The number of benzene rings is 2. The number of anilines is 2. The average Bonchev–Trinajstić information content (AvgIpc) is 3.18. The molecule has 3 aromatic rings. The number of nitrogens with zero attached hydrogens (tertiary/aromatic N) is 2. The minimum atomic E-state index is -0.282. The Morgan fingerprint density at radius 1 is 1.13 bits per heavy atom. The van der Waals surface area contributed by atoms with E-state index in [4.69, 9.17) is 32.9 Å². The van der Waals surface area contributed by atoms with Crippen molar-refractivity contribution in [3.05, 3.63) is 63.5 Å². The van der Waals surface area contributed by atoms with Gasteiger partial charge in [0.25, 0.3) is 5.91 Å². The summed E-state index contributed by atoms with van der Waals surface area (Å²) < 4.78 is 5.81. The quantitative estimate of drug-likeness (QED) is 0.518. The Morgan fingerprint density at radius 3 is 2.50 bits per heavy atom. The second-order valence-electron chi connectivity index (χ2n) is 7.33. The third-order valence-electron chi connectivity index (χ3n) is 4.80. The molecular weight excluding hydrogens is 441 g/mol. The summed E-state index contributed by atoms with van der Waals surface area (Å²) in [5, 5.41) is 6.72. The summed E-state index contributed by atoms with van der Waals surface area (Å²) in [6.45, 7) is 5.86. The molecule has 0 radical (unpaired) electrons. The molecule has 1 aromatic heterocycles. The van der Waals surface area contributed by atoms with Crippen LogP contribution >= 0.6 is 34.5 Å². The van der Waals surface area contributed by atoms with Crippen LogP contribution in [0.15, 0.2) is 47.8 Å². The standard InChI is InChI=1S/C22H21Cl2N3O2S/c1-13-10-27(11-14(2)29-13)22-26-20(12-30-22)15-3-6-17(7-4-15)25-21(28)18-8-5-16(23)9-19(18)24/h3-9,12-14H,10-11H2,1-2H3,(H,25,28). The lowest BCUT2D eigenvalue weighted by Gasteiger charge is -2.35. The number of hydrogen-bond donors (Lipinski definition) is 1. The molecule has 1 saturated heterocycles. The molecule has 2 unspecified atom stereocenters. The summed E-state index contributed by atoms with van der Waals surface area (Å²) in [6.07, 6.45) is 0.385. The van der Waals surface area contributed by atoms with E-state index in [2.05, 4.69) is 29.4 Å². The van der Waals surface area contributed by atoms with E-state index in [0.29, 0.717) is 21.3 Å². The van der Waals surface area contributed by atoms with Gasteiger partial charge in [0.1, 0.15) is 0 Å². The SMILES string of the molecule is CC1CN(c2nc(-c3ccc(NC(=O)c4ccc(Cl)cc4Cl)cc3)cs2)CC(C)O1. The van der Waals surface area contributed by atoms with Gasteiger partial charge < -0.3 is 15.0 Å². The van der Waals surface area contributed by atoms with Crippen LogP contribution in [-0.4, -0.2) is 36.2 Å². The first kappa shape index (κ1) is 21.1. The van der Waals surface area contributed by atoms with Crippen molar-refractivity contribution < 1.29 is 9.53 Å². The summed E-state index contributed by atoms with van der Waals surface area (Å²) in [5.41, 5.74) is 2.97. The number of carbonyl (C=O) groups is 1. The zero-order valence-electron chi connectivity index (χ0n) is 16.6. The maximum absolute atomic E-state index is 12.5. The van der Waals surface area contributed by atoms with E-state index in [9.17, 15) is 4.79 Å². The van der Waals surface area contributed by atoms with Gasteiger partial charge in [0.2, 0.25) is 0 Å². The number of morpholine rings is 1. The van der Waals surface area contributed by atoms with Crippen LogP contribution in [0, 0.1) is 0 Å². The summed E-state index contributed by atoms with van der Waals surface area (Å²) in [4.78, 5) is 19.5. The summed E-state index contributed by atoms with van der Waals surface area (Å²) in [7, 11) is 0. The van der Waals surface area contributed by atoms with Gasteiger partial charge in [0.05, 0.1) is 28.5 Å². The lowest BCUT2D eigenvalue weighted by Crippen LogP contribution is -2.45. The molecule has 4 rings (SSSR count). The van der Waals surface area contributed by atoms with Crippen LogP contribution in [0.3, 0.4) is 0 Å². The molecule has 30 heavy (non-hydrogen) atoms. The third-order valence-corrected chi connectivity index (χ3v) is 6.25. The lowest BCUT2D eigenvalue weighted by atomic mass is 10.1. The van der Waals surface area contributed by atoms with Crippen molar-refractivity contribution >= 4 is 51.3 Å². The predicted octanol–water partition coefficient (Wildman–Crippen LogP) is 5.98. The van der Waals surface area contributed by atoms with E-state index in [1.165, 1.54) is 0 Å². The van der Waals surface area contributed by atoms with Crippen molar-refractivity contribution in [2.24, 2.45) is 0 Å². The van der Waals surface area contributed by atoms with Gasteiger partial charge >= 0.3 is 0 Å². The van der Waals surface area contributed by atoms with Gasteiger partial charge in [-0.15, -0.1) is 11.3 Å². The number of nitrogens with one attached hydrogen (secondary N) is 1. The Labute approximate surface area is 189 Å². The molecule has 156 valence electrons. The Morgan fingerprint density at radius 2 is 1.83 bits per heavy atom. The van der Waals surface area contributed by atoms with E-state index in [1.54, 1.807) is 29.5 Å². The second-order valence-corrected chi connectivity index (χ2v) is 9.01. The highest BCUT2D eigenvalue weighted by Gasteiger charge is 2.24. The Bertz CT molecular complexity index is 1040. The zero-order valence-corrected chi connectivity index (χ0v) is 18.9. The summed E-state index contributed by atoms with van der Waals surface area (Å²) in [6, 6.07) is 12.4. The van der Waals surface area contributed by atoms with Crippen molar-refractivity contribution in [1.29, 1.82) is 0 Å². The molecule has 0 saturated carbocycles. The van der Waals surface area contributed by atoms with E-state index < -0.39 is 0 Å². The number of halogens is 2. The molecule has 0 spiro atoms. The predicted molar refractivity (Wildman–Crippen MR) is 124 cm³/mol. The van der Waals surface area contributed by atoms with Crippen molar-refractivity contribution in [2.45, 2.75) is 26.1 Å². The molecule has 8 heteroatoms. The minimum absolute atomic E-state index is 0.193. The first-order valence-corrected chi connectivity index (χ1v) is 11.3. The molecule has 0 aliphatic carbocycles. The fourth-order valence-electron chi connectivity index (χ4n) is 3.47. The maximum Gasteiger partial charge on any atom is 0.257 e. The van der Waals surface area contributed by atoms with Crippen molar-refractivity contribution in [3.8, 4) is 11.3 Å². The van der Waals surface area contributed by atoms with Crippen molar-refractivity contribution in [3.63, 3.8) is 0 Å². The van der Waals surface area contributed by atoms with Gasteiger partial charge in [-0.3, -0.25) is 4.79 Å². The maximum atomic E-state index is 12.5. The Balaban J connectivity index is 1.45. The molecule has 2 heterocycles. The zero-order chi connectivity index (χ0) is 21.3. The van der Waals surface area contributed by atoms with E-state index in [1.807, 2.05) is 24.3 Å². The van der Waals surface area contributed by atoms with Gasteiger partial charge in [-0.2, -0.15) is 0 Å². The number of hydrogen-bond acceptors (Lipinski definition) is 5. The number of rotatable bonds is 4. The minimum Gasteiger partial charge on any atom is -0.372 e. The van der Waals surface area contributed by atoms with Gasteiger partial charge in [0, 0.05) is 34.7 Å². The van der Waals surface area contributed by atoms with Gasteiger partial charge in [-0.25, -0.2) is 4.98 Å². The van der Waals surface area contributed by atoms with Crippen LogP contribution in [0.4, 0.5) is 10.8 Å². The van der Waals surface area contributed by atoms with Gasteiger partial charge in [0.15, 0.2) is 5.13 Å². The van der Waals surface area contributed by atoms with Crippen molar-refractivity contribution in [2.75, 3.05) is 23.3 Å². The van der Waals surface area contributed by atoms with Crippen LogP contribution in [-0.2, 0) is 4.74 Å². The summed E-state index contributed by atoms with van der Waals surface area (Å²) in [5.74, 6) is -0.282. The molecule has 2 aromatic carbocycles. The number of amides is 1. The fourth-order valence-corrected chi connectivity index (χ4v) is 4.82. The highest BCUT2D eigenvalue weighted by Crippen LogP contribution is 2.30. The highest BCUT2D eigenvalue weighted by atomic mass is 35.5. The Kier molecular flexibility index (Phi) is 6.29. The number of ether oxygens (including phenoxy) is 1. The van der Waals surface area contributed by atoms with Crippen LogP contribution in [0.25, 0.3) is 11.3 Å². The molecule has 2 atom stereocenters. The first-order valence-electron chi connectivity index (χ1n) is 9.62. The molecule has 1 aliphatic rings. The van der Waals surface area contributed by atoms with Crippen LogP contribution in [0.1, 0.15) is 24.2 Å². The fraction of sp³-hybridized carbons (Fsp3) is 0.273. The van der Waals surface area contributed by atoms with E-state index >= 15 is 0 Å². The average molecular weight is 462 g/mol. The third kappa shape index (κ3) is 4.78. The van der Waals surface area contributed by atoms with Crippen LogP contribution < -0.4 is 10.2 Å². The van der Waals surface area contributed by atoms with Gasteiger partial charge in [-0.05, 0) is 44.2 Å². The Hall–Kier alpha value is -2.12. The smallest absolute Gasteiger partial charge is 0.257 e. The highest BCUT2D eigenvalue weighted by molar-refractivity contribution is 7.14. The number of aromatic nitrogens is 1. The van der Waals surface area contributed by atoms with E-state index in [-0.39, 0.29) is 18.1 Å². The molecule has 1 N–H and O–H groups in total. The number of carbonyl (C=O) groups excluding carboxylic acids is 1. The largest absolute Gasteiger partial charge is 0.372 e. The molecule has 0 bridgehead atoms. The van der Waals surface area contributed by atoms with Gasteiger partial charge in [-0.1, -0.05) is 35.3 Å². The normalized spacial score (nSPS) is 19.0. The molecule has 1 fully saturated rings. The lowest BCUT2D eigenvalue weighted by molar-refractivity contribution is -0.00522. The van der Waals surface area contributed by atoms with E-state index in [0.717, 1.165) is 29.5 Å². The molecule has 5 nitrogen and oxygen atoms in total. The van der Waals surface area contributed by atoms with Crippen LogP contribution in [0.5, 0.6) is 0 Å². The van der Waals surface area contributed by atoms with Crippen molar-refractivity contribution in [1.82, 2.24) is 4.98 Å². The monoisotopic (exact) mass is 461 g/mol. The second kappa shape index (κ2) is 8.94. The molecule has 1 aliphatic heterocycles.